The molecule has 0 bridgehead atoms. The molecule has 0 saturated carbocycles. The number of likely N-dealkylation sites (N-methyl/N-ethyl adjacent to an activating group) is 1. The van der Waals surface area contributed by atoms with Crippen LogP contribution in [0.3, 0.4) is 0 Å². The molecule has 1 atom stereocenters. The first-order valence-electron chi connectivity index (χ1n) is 5.99. The van der Waals surface area contributed by atoms with E-state index in [1.165, 1.54) is 0 Å². The van der Waals surface area contributed by atoms with Gasteiger partial charge >= 0.3 is 0 Å². The highest BCUT2D eigenvalue weighted by atomic mass is 16.5. The second kappa shape index (κ2) is 4.41. The molecule has 1 unspecified atom stereocenters. The second-order valence-electron chi connectivity index (χ2n) is 4.35. The van der Waals surface area contributed by atoms with Crippen molar-refractivity contribution in [2.24, 2.45) is 0 Å². The number of nitrogens with zero attached hydrogens (tertiary/aromatic N) is 4. The number of rotatable bonds is 3. The lowest BCUT2D eigenvalue weighted by molar-refractivity contribution is 0.193. The Balaban J connectivity index is 2.05. The van der Waals surface area contributed by atoms with Crippen molar-refractivity contribution in [3.05, 3.63) is 6.33 Å². The van der Waals surface area contributed by atoms with Gasteiger partial charge in [-0.25, -0.2) is 4.98 Å². The van der Waals surface area contributed by atoms with Crippen LogP contribution < -0.4 is 10.2 Å². The van der Waals surface area contributed by atoms with E-state index in [1.807, 2.05) is 7.05 Å². The molecule has 3 heterocycles. The first-order valence-corrected chi connectivity index (χ1v) is 5.99. The van der Waals surface area contributed by atoms with Crippen LogP contribution >= 0.6 is 0 Å². The third-order valence-corrected chi connectivity index (χ3v) is 3.28. The molecule has 1 saturated heterocycles. The molecular weight excluding hydrogens is 232 g/mol. The number of H-pyrrole nitrogens is 1. The topological polar surface area (TPSA) is 79.0 Å². The van der Waals surface area contributed by atoms with E-state index in [2.05, 4.69) is 30.2 Å². The molecule has 0 aromatic carbocycles. The van der Waals surface area contributed by atoms with E-state index in [4.69, 9.17) is 4.74 Å². The van der Waals surface area contributed by atoms with Gasteiger partial charge in [0.25, 0.3) is 0 Å². The Hall–Kier alpha value is -1.89. The fourth-order valence-corrected chi connectivity index (χ4v) is 2.19. The Kier molecular flexibility index (Phi) is 2.75. The van der Waals surface area contributed by atoms with Gasteiger partial charge in [0, 0.05) is 20.7 Å². The SMILES string of the molecule is CNc1nc(N(C)C2CCOC2)c2[nH]cnc2n1. The van der Waals surface area contributed by atoms with E-state index in [0.717, 1.165) is 31.0 Å². The van der Waals surface area contributed by atoms with Crippen molar-refractivity contribution < 1.29 is 4.74 Å². The molecule has 1 aliphatic heterocycles. The average molecular weight is 248 g/mol. The lowest BCUT2D eigenvalue weighted by atomic mass is 10.2. The van der Waals surface area contributed by atoms with Gasteiger partial charge in [-0.3, -0.25) is 0 Å². The zero-order valence-corrected chi connectivity index (χ0v) is 10.5. The number of aromatic nitrogens is 4. The van der Waals surface area contributed by atoms with Gasteiger partial charge in [-0.1, -0.05) is 0 Å². The van der Waals surface area contributed by atoms with Gasteiger partial charge in [-0.15, -0.1) is 0 Å². The standard InChI is InChI=1S/C11H16N6O/c1-12-11-15-9-8(13-6-14-9)10(16-11)17(2)7-3-4-18-5-7/h6-7H,3-5H2,1-2H3,(H2,12,13,14,15,16). The molecule has 7 heteroatoms. The largest absolute Gasteiger partial charge is 0.379 e. The molecule has 96 valence electrons. The monoisotopic (exact) mass is 248 g/mol. The van der Waals surface area contributed by atoms with Crippen molar-refractivity contribution in [2.75, 3.05) is 37.5 Å². The summed E-state index contributed by atoms with van der Waals surface area (Å²) in [5.74, 6) is 1.44. The summed E-state index contributed by atoms with van der Waals surface area (Å²) in [6.45, 7) is 1.55. The molecule has 3 rings (SSSR count). The minimum atomic E-state index is 0.358. The van der Waals surface area contributed by atoms with Crippen LogP contribution in [0.15, 0.2) is 6.33 Å². The number of aromatic amines is 1. The molecule has 0 aliphatic carbocycles. The minimum Gasteiger partial charge on any atom is -0.379 e. The van der Waals surface area contributed by atoms with Crippen molar-refractivity contribution in [3.8, 4) is 0 Å². The van der Waals surface area contributed by atoms with E-state index >= 15 is 0 Å². The minimum absolute atomic E-state index is 0.358. The predicted octanol–water partition coefficient (Wildman–Crippen LogP) is 0.620. The molecule has 7 nitrogen and oxygen atoms in total. The summed E-state index contributed by atoms with van der Waals surface area (Å²) in [6, 6.07) is 0.358. The van der Waals surface area contributed by atoms with Crippen molar-refractivity contribution in [1.82, 2.24) is 19.9 Å². The predicted molar refractivity (Wildman–Crippen MR) is 68.9 cm³/mol. The molecule has 2 N–H and O–H groups in total. The molecule has 0 amide bonds. The molecule has 0 spiro atoms. The van der Waals surface area contributed by atoms with Crippen LogP contribution in [-0.2, 0) is 4.74 Å². The quantitative estimate of drug-likeness (QED) is 0.829. The first-order chi connectivity index (χ1) is 8.79. The smallest absolute Gasteiger partial charge is 0.226 e. The fraction of sp³-hybridized carbons (Fsp3) is 0.545. The lowest BCUT2D eigenvalue weighted by Crippen LogP contribution is -2.32. The van der Waals surface area contributed by atoms with Crippen LogP contribution in [0.4, 0.5) is 11.8 Å². The molecule has 1 fully saturated rings. The number of hydrogen-bond acceptors (Lipinski definition) is 6. The number of imidazole rings is 1. The molecule has 18 heavy (non-hydrogen) atoms. The number of anilines is 2. The van der Waals surface area contributed by atoms with Gasteiger partial charge in [0.1, 0.15) is 5.52 Å². The maximum atomic E-state index is 5.42. The van der Waals surface area contributed by atoms with Gasteiger partial charge in [-0.2, -0.15) is 9.97 Å². The Labute approximate surface area is 105 Å². The highest BCUT2D eigenvalue weighted by Crippen LogP contribution is 2.25. The summed E-state index contributed by atoms with van der Waals surface area (Å²) in [4.78, 5) is 18.2. The number of fused-ring (bicyclic) bond motifs is 1. The Morgan fingerprint density at radius 3 is 3.11 bits per heavy atom. The molecule has 2 aromatic heterocycles. The van der Waals surface area contributed by atoms with Crippen LogP contribution in [-0.4, -0.2) is 53.3 Å². The average Bonchev–Trinajstić information content (AvgIpc) is 3.07. The normalized spacial score (nSPS) is 19.3. The summed E-state index contributed by atoms with van der Waals surface area (Å²) in [7, 11) is 3.83. The summed E-state index contributed by atoms with van der Waals surface area (Å²) in [5, 5.41) is 2.96. The zero-order chi connectivity index (χ0) is 12.5. The summed E-state index contributed by atoms with van der Waals surface area (Å²) in [5.41, 5.74) is 1.54. The number of ether oxygens (including phenoxy) is 1. The van der Waals surface area contributed by atoms with E-state index in [9.17, 15) is 0 Å². The Morgan fingerprint density at radius 2 is 2.39 bits per heavy atom. The lowest BCUT2D eigenvalue weighted by Gasteiger charge is -2.24. The fourth-order valence-electron chi connectivity index (χ4n) is 2.19. The third-order valence-electron chi connectivity index (χ3n) is 3.28. The van der Waals surface area contributed by atoms with Gasteiger partial charge in [0.05, 0.1) is 19.0 Å². The van der Waals surface area contributed by atoms with E-state index < -0.39 is 0 Å². The van der Waals surface area contributed by atoms with Gasteiger partial charge in [0.15, 0.2) is 11.5 Å². The van der Waals surface area contributed by atoms with Crippen molar-refractivity contribution in [3.63, 3.8) is 0 Å². The second-order valence-corrected chi connectivity index (χ2v) is 4.35. The van der Waals surface area contributed by atoms with Crippen LogP contribution in [0.2, 0.25) is 0 Å². The third kappa shape index (κ3) is 1.76. The zero-order valence-electron chi connectivity index (χ0n) is 10.5. The van der Waals surface area contributed by atoms with Crippen LogP contribution in [0.1, 0.15) is 6.42 Å². The number of nitrogens with one attached hydrogen (secondary N) is 2. The Bertz CT molecular complexity index is 547. The van der Waals surface area contributed by atoms with Crippen LogP contribution in [0, 0.1) is 0 Å². The maximum absolute atomic E-state index is 5.42. The van der Waals surface area contributed by atoms with Crippen LogP contribution in [0.5, 0.6) is 0 Å². The Morgan fingerprint density at radius 1 is 1.50 bits per heavy atom. The molecular formula is C11H16N6O. The molecule has 2 aromatic rings. The molecule has 0 radical (unpaired) electrons. The van der Waals surface area contributed by atoms with E-state index in [1.54, 1.807) is 13.4 Å². The number of hydrogen-bond donors (Lipinski definition) is 2. The van der Waals surface area contributed by atoms with Crippen molar-refractivity contribution >= 4 is 22.9 Å². The highest BCUT2D eigenvalue weighted by Gasteiger charge is 2.24. The van der Waals surface area contributed by atoms with Gasteiger partial charge < -0.3 is 19.9 Å². The summed E-state index contributed by atoms with van der Waals surface area (Å²) in [6.07, 6.45) is 2.66. The van der Waals surface area contributed by atoms with E-state index in [-0.39, 0.29) is 0 Å². The summed E-state index contributed by atoms with van der Waals surface area (Å²) >= 11 is 0. The summed E-state index contributed by atoms with van der Waals surface area (Å²) < 4.78 is 5.42. The van der Waals surface area contributed by atoms with Gasteiger partial charge in [-0.05, 0) is 6.42 Å². The molecule has 1 aliphatic rings. The highest BCUT2D eigenvalue weighted by molar-refractivity contribution is 5.84. The van der Waals surface area contributed by atoms with E-state index in [0.29, 0.717) is 17.6 Å². The maximum Gasteiger partial charge on any atom is 0.226 e. The van der Waals surface area contributed by atoms with Gasteiger partial charge in [0.2, 0.25) is 5.95 Å². The van der Waals surface area contributed by atoms with Crippen molar-refractivity contribution in [2.45, 2.75) is 12.5 Å². The van der Waals surface area contributed by atoms with Crippen molar-refractivity contribution in [1.29, 1.82) is 0 Å². The van der Waals surface area contributed by atoms with Crippen LogP contribution in [0.25, 0.3) is 11.2 Å². The first kappa shape index (κ1) is 11.2.